The summed E-state index contributed by atoms with van der Waals surface area (Å²) in [5.74, 6) is -0.675. The number of para-hydroxylation sites is 1. The molecule has 25 heavy (non-hydrogen) atoms. The Balaban J connectivity index is 1.70. The highest BCUT2D eigenvalue weighted by Crippen LogP contribution is 2.13. The van der Waals surface area contributed by atoms with Crippen molar-refractivity contribution in [2.75, 3.05) is 0 Å². The molecule has 1 aromatic carbocycles. The molecule has 2 aromatic rings. The van der Waals surface area contributed by atoms with Crippen LogP contribution in [-0.4, -0.2) is 11.1 Å². The second-order valence-electron chi connectivity index (χ2n) is 6.69. The first kappa shape index (κ1) is 19.2. The van der Waals surface area contributed by atoms with E-state index in [2.05, 4.69) is 54.1 Å². The molecular formula is C22H30NO2+. The maximum Gasteiger partial charge on any atom is 0.303 e. The lowest BCUT2D eigenvalue weighted by atomic mass is 10.0. The van der Waals surface area contributed by atoms with Gasteiger partial charge in [0.25, 0.3) is 0 Å². The first-order valence-corrected chi connectivity index (χ1v) is 9.46. The lowest BCUT2D eigenvalue weighted by molar-refractivity contribution is -0.603. The third kappa shape index (κ3) is 6.69. The summed E-state index contributed by atoms with van der Waals surface area (Å²) < 4.78 is 2.26. The smallest absolute Gasteiger partial charge is 0.303 e. The maximum absolute atomic E-state index is 10.4. The van der Waals surface area contributed by atoms with Crippen molar-refractivity contribution in [1.82, 2.24) is 0 Å². The molecule has 1 heterocycles. The summed E-state index contributed by atoms with van der Waals surface area (Å²) in [5, 5.41) is 8.61. The largest absolute Gasteiger partial charge is 0.481 e. The van der Waals surface area contributed by atoms with E-state index in [1.165, 1.54) is 42.6 Å². The van der Waals surface area contributed by atoms with Gasteiger partial charge in [-0.1, -0.05) is 50.3 Å². The molecule has 2 rings (SSSR count). The standard InChI is InChI=1S/C22H29NO2/c1-19-20(13-8-5-3-2-4-6-11-17-22(24)25)14-12-18-23(19)21-15-9-7-10-16-21/h7,9-10,12,14-16,18H,2-6,8,11,13,17H2,1H3/p+1. The van der Waals surface area contributed by atoms with Crippen molar-refractivity contribution in [2.45, 2.75) is 64.7 Å². The van der Waals surface area contributed by atoms with E-state index in [1.807, 2.05) is 6.07 Å². The van der Waals surface area contributed by atoms with Gasteiger partial charge in [0, 0.05) is 37.1 Å². The van der Waals surface area contributed by atoms with Crippen LogP contribution in [0.3, 0.4) is 0 Å². The Morgan fingerprint density at radius 1 is 0.880 bits per heavy atom. The molecule has 134 valence electrons. The van der Waals surface area contributed by atoms with E-state index in [0.29, 0.717) is 6.42 Å². The minimum Gasteiger partial charge on any atom is -0.481 e. The number of carbonyl (C=O) groups is 1. The molecule has 3 nitrogen and oxygen atoms in total. The fraction of sp³-hybridized carbons (Fsp3) is 0.455. The number of aromatic nitrogens is 1. The minimum absolute atomic E-state index is 0.314. The monoisotopic (exact) mass is 340 g/mol. The predicted octanol–water partition coefficient (Wildman–Crippen LogP) is 5.02. The van der Waals surface area contributed by atoms with E-state index >= 15 is 0 Å². The summed E-state index contributed by atoms with van der Waals surface area (Å²) in [6, 6.07) is 14.8. The zero-order valence-corrected chi connectivity index (χ0v) is 15.3. The SMILES string of the molecule is Cc1c(CCCCCCCCCC(=O)O)ccc[n+]1-c1ccccc1. The minimum atomic E-state index is -0.675. The third-order valence-corrected chi connectivity index (χ3v) is 4.73. The average Bonchev–Trinajstić information content (AvgIpc) is 2.62. The van der Waals surface area contributed by atoms with E-state index < -0.39 is 5.97 Å². The van der Waals surface area contributed by atoms with Crippen molar-refractivity contribution in [3.8, 4) is 5.69 Å². The molecule has 0 bridgehead atoms. The van der Waals surface area contributed by atoms with Gasteiger partial charge in [0.15, 0.2) is 11.9 Å². The van der Waals surface area contributed by atoms with Crippen LogP contribution in [0.2, 0.25) is 0 Å². The van der Waals surface area contributed by atoms with E-state index in [4.69, 9.17) is 5.11 Å². The van der Waals surface area contributed by atoms with Crippen LogP contribution in [0.25, 0.3) is 5.69 Å². The molecule has 1 N–H and O–H groups in total. The molecule has 1 aromatic heterocycles. The van der Waals surface area contributed by atoms with Gasteiger partial charge in [0.1, 0.15) is 0 Å². The van der Waals surface area contributed by atoms with Crippen LogP contribution < -0.4 is 4.57 Å². The lowest BCUT2D eigenvalue weighted by Crippen LogP contribution is -2.34. The van der Waals surface area contributed by atoms with Gasteiger partial charge in [-0.2, -0.15) is 4.57 Å². The zero-order chi connectivity index (χ0) is 17.9. The van der Waals surface area contributed by atoms with E-state index in [-0.39, 0.29) is 0 Å². The maximum atomic E-state index is 10.4. The molecule has 0 saturated heterocycles. The highest BCUT2D eigenvalue weighted by Gasteiger charge is 2.13. The molecule has 0 amide bonds. The topological polar surface area (TPSA) is 41.2 Å². The second kappa shape index (κ2) is 10.7. The van der Waals surface area contributed by atoms with Crippen LogP contribution in [0.15, 0.2) is 48.7 Å². The number of hydrogen-bond donors (Lipinski definition) is 1. The fourth-order valence-electron chi connectivity index (χ4n) is 3.24. The van der Waals surface area contributed by atoms with Gasteiger partial charge in [-0.3, -0.25) is 4.79 Å². The van der Waals surface area contributed by atoms with Gasteiger partial charge < -0.3 is 5.11 Å². The Bertz CT molecular complexity index is 652. The van der Waals surface area contributed by atoms with Crippen LogP contribution >= 0.6 is 0 Å². The normalized spacial score (nSPS) is 10.8. The number of aryl methyl sites for hydroxylation is 1. The van der Waals surface area contributed by atoms with Crippen LogP contribution in [0, 0.1) is 6.92 Å². The lowest BCUT2D eigenvalue weighted by Gasteiger charge is -2.06. The van der Waals surface area contributed by atoms with Crippen molar-refractivity contribution >= 4 is 5.97 Å². The van der Waals surface area contributed by atoms with E-state index in [9.17, 15) is 4.79 Å². The van der Waals surface area contributed by atoms with Gasteiger partial charge in [-0.15, -0.1) is 0 Å². The van der Waals surface area contributed by atoms with Crippen LogP contribution in [0.5, 0.6) is 0 Å². The molecule has 0 aliphatic rings. The fourth-order valence-corrected chi connectivity index (χ4v) is 3.24. The van der Waals surface area contributed by atoms with Crippen molar-refractivity contribution in [2.24, 2.45) is 0 Å². The molecule has 3 heteroatoms. The van der Waals surface area contributed by atoms with Gasteiger partial charge in [-0.05, 0) is 25.3 Å². The average molecular weight is 340 g/mol. The molecule has 0 fully saturated rings. The second-order valence-corrected chi connectivity index (χ2v) is 6.69. The van der Waals surface area contributed by atoms with Crippen LogP contribution in [-0.2, 0) is 11.2 Å². The van der Waals surface area contributed by atoms with Gasteiger partial charge in [0.2, 0.25) is 5.69 Å². The molecule has 0 saturated carbocycles. The molecule has 0 radical (unpaired) electrons. The van der Waals surface area contributed by atoms with Crippen LogP contribution in [0.4, 0.5) is 0 Å². The van der Waals surface area contributed by atoms with Crippen LogP contribution in [0.1, 0.15) is 62.6 Å². The summed E-state index contributed by atoms with van der Waals surface area (Å²) in [7, 11) is 0. The summed E-state index contributed by atoms with van der Waals surface area (Å²) in [4.78, 5) is 10.4. The van der Waals surface area contributed by atoms with Crippen molar-refractivity contribution in [3.63, 3.8) is 0 Å². The summed E-state index contributed by atoms with van der Waals surface area (Å²) in [6.07, 6.45) is 11.5. The summed E-state index contributed by atoms with van der Waals surface area (Å²) >= 11 is 0. The number of rotatable bonds is 11. The van der Waals surface area contributed by atoms with E-state index in [1.54, 1.807) is 0 Å². The highest BCUT2D eigenvalue weighted by molar-refractivity contribution is 5.66. The Morgan fingerprint density at radius 2 is 1.52 bits per heavy atom. The Labute approximate surface area is 151 Å². The Kier molecular flexibility index (Phi) is 8.17. The highest BCUT2D eigenvalue weighted by atomic mass is 16.4. The number of nitrogens with zero attached hydrogens (tertiary/aromatic N) is 1. The van der Waals surface area contributed by atoms with Gasteiger partial charge in [-0.25, -0.2) is 0 Å². The summed E-state index contributed by atoms with van der Waals surface area (Å²) in [6.45, 7) is 2.20. The van der Waals surface area contributed by atoms with Crippen molar-refractivity contribution < 1.29 is 14.5 Å². The van der Waals surface area contributed by atoms with Crippen molar-refractivity contribution in [1.29, 1.82) is 0 Å². The number of aliphatic carboxylic acids is 1. The first-order chi connectivity index (χ1) is 12.2. The number of carboxylic acid groups (broad SMARTS) is 1. The number of benzene rings is 1. The van der Waals surface area contributed by atoms with Gasteiger partial charge in [0.05, 0.1) is 0 Å². The van der Waals surface area contributed by atoms with Gasteiger partial charge >= 0.3 is 5.97 Å². The molecule has 0 aliphatic carbocycles. The number of carboxylic acids is 1. The zero-order valence-electron chi connectivity index (χ0n) is 15.3. The molecular weight excluding hydrogens is 310 g/mol. The summed E-state index contributed by atoms with van der Waals surface area (Å²) in [5.41, 5.74) is 3.96. The number of hydrogen-bond acceptors (Lipinski definition) is 1. The quantitative estimate of drug-likeness (QED) is 0.461. The van der Waals surface area contributed by atoms with Crippen molar-refractivity contribution in [3.05, 3.63) is 59.9 Å². The molecule has 0 aliphatic heterocycles. The Hall–Kier alpha value is -2.16. The number of unbranched alkanes of at least 4 members (excludes halogenated alkanes) is 6. The molecule has 0 spiro atoms. The number of pyridine rings is 1. The third-order valence-electron chi connectivity index (χ3n) is 4.73. The Morgan fingerprint density at radius 3 is 2.20 bits per heavy atom. The molecule has 0 atom stereocenters. The predicted molar refractivity (Wildman–Crippen MR) is 101 cm³/mol. The van der Waals surface area contributed by atoms with E-state index in [0.717, 1.165) is 25.7 Å². The molecule has 0 unspecified atom stereocenters. The first-order valence-electron chi connectivity index (χ1n) is 9.46.